The van der Waals surface area contributed by atoms with Crippen molar-refractivity contribution in [3.63, 3.8) is 0 Å². The van der Waals surface area contributed by atoms with Gasteiger partial charge in [-0.05, 0) is 62.1 Å². The third kappa shape index (κ3) is 4.65. The second-order valence-electron chi connectivity index (χ2n) is 7.60. The van der Waals surface area contributed by atoms with E-state index in [9.17, 15) is 14.4 Å². The fraction of sp³-hybridized carbons (Fsp3) is 0.348. The molecule has 0 aliphatic carbocycles. The average molecular weight is 394 g/mol. The minimum absolute atomic E-state index is 0.0876. The van der Waals surface area contributed by atoms with Gasteiger partial charge in [-0.1, -0.05) is 24.3 Å². The molecule has 2 amide bonds. The quantitative estimate of drug-likeness (QED) is 0.788. The van der Waals surface area contributed by atoms with Crippen LogP contribution in [0, 0.1) is 33.6 Å². The number of aryl methyl sites for hydroxylation is 4. The number of rotatable bonds is 5. The highest BCUT2D eigenvalue weighted by Crippen LogP contribution is 2.27. The van der Waals surface area contributed by atoms with Crippen LogP contribution in [0.15, 0.2) is 36.4 Å². The van der Waals surface area contributed by atoms with E-state index in [-0.39, 0.29) is 25.5 Å². The van der Waals surface area contributed by atoms with Crippen molar-refractivity contribution in [1.29, 1.82) is 0 Å². The summed E-state index contributed by atoms with van der Waals surface area (Å²) in [6, 6.07) is 11.5. The summed E-state index contributed by atoms with van der Waals surface area (Å²) >= 11 is 0. The van der Waals surface area contributed by atoms with Gasteiger partial charge < -0.3 is 15.0 Å². The zero-order valence-corrected chi connectivity index (χ0v) is 17.2. The minimum atomic E-state index is -0.572. The van der Waals surface area contributed by atoms with Gasteiger partial charge in [-0.2, -0.15) is 0 Å². The summed E-state index contributed by atoms with van der Waals surface area (Å²) in [5.74, 6) is -1.61. The van der Waals surface area contributed by atoms with Gasteiger partial charge in [-0.25, -0.2) is 0 Å². The van der Waals surface area contributed by atoms with E-state index in [2.05, 4.69) is 5.32 Å². The molecule has 1 aliphatic heterocycles. The number of carbonyl (C=O) groups excluding carboxylic acids is 3. The summed E-state index contributed by atoms with van der Waals surface area (Å²) in [6.07, 6.45) is 0.0876. The smallest absolute Gasteiger partial charge is 0.311 e. The zero-order valence-electron chi connectivity index (χ0n) is 17.2. The second kappa shape index (κ2) is 8.47. The maximum Gasteiger partial charge on any atom is 0.311 e. The van der Waals surface area contributed by atoms with Crippen molar-refractivity contribution in [3.05, 3.63) is 58.7 Å². The van der Waals surface area contributed by atoms with Crippen molar-refractivity contribution in [3.8, 4) is 0 Å². The van der Waals surface area contributed by atoms with Crippen LogP contribution in [-0.2, 0) is 19.1 Å². The molecule has 29 heavy (non-hydrogen) atoms. The highest BCUT2D eigenvalue weighted by atomic mass is 16.5. The van der Waals surface area contributed by atoms with Gasteiger partial charge >= 0.3 is 5.97 Å². The number of nitrogens with one attached hydrogen (secondary N) is 1. The number of hydrogen-bond acceptors (Lipinski definition) is 4. The van der Waals surface area contributed by atoms with Crippen LogP contribution >= 0.6 is 0 Å². The number of benzene rings is 2. The molecule has 1 aliphatic rings. The van der Waals surface area contributed by atoms with Crippen molar-refractivity contribution in [2.24, 2.45) is 5.92 Å². The van der Waals surface area contributed by atoms with E-state index in [0.717, 1.165) is 33.6 Å². The first-order chi connectivity index (χ1) is 13.8. The van der Waals surface area contributed by atoms with Gasteiger partial charge in [-0.3, -0.25) is 14.4 Å². The maximum absolute atomic E-state index is 12.4. The van der Waals surface area contributed by atoms with Crippen LogP contribution in [0.3, 0.4) is 0 Å². The molecule has 1 atom stereocenters. The van der Waals surface area contributed by atoms with Crippen LogP contribution in [0.4, 0.5) is 11.4 Å². The molecule has 1 fully saturated rings. The second-order valence-corrected chi connectivity index (χ2v) is 7.60. The topological polar surface area (TPSA) is 75.7 Å². The predicted octanol–water partition coefficient (Wildman–Crippen LogP) is 3.46. The summed E-state index contributed by atoms with van der Waals surface area (Å²) in [7, 11) is 0. The molecular formula is C23H26N2O4. The lowest BCUT2D eigenvalue weighted by Crippen LogP contribution is -2.28. The van der Waals surface area contributed by atoms with Crippen molar-refractivity contribution in [1.82, 2.24) is 0 Å². The molecule has 0 saturated carbocycles. The highest BCUT2D eigenvalue weighted by Gasteiger charge is 2.36. The van der Waals surface area contributed by atoms with E-state index in [0.29, 0.717) is 0 Å². The Morgan fingerprint density at radius 1 is 1.03 bits per heavy atom. The predicted molar refractivity (Wildman–Crippen MR) is 112 cm³/mol. The number of nitrogens with zero attached hydrogens (tertiary/aromatic N) is 1. The van der Waals surface area contributed by atoms with Crippen LogP contribution in [0.25, 0.3) is 0 Å². The SMILES string of the molecule is Cc1ccc(N2C[C@@H](C(=O)OCC(=O)Nc3c(C)cccc3C)CC2=O)cc1C. The molecule has 3 rings (SSSR count). The first-order valence-corrected chi connectivity index (χ1v) is 9.66. The molecule has 6 heteroatoms. The molecule has 6 nitrogen and oxygen atoms in total. The Morgan fingerprint density at radius 2 is 1.72 bits per heavy atom. The lowest BCUT2D eigenvalue weighted by Gasteiger charge is -2.18. The molecule has 1 N–H and O–H groups in total. The number of anilines is 2. The molecular weight excluding hydrogens is 368 g/mol. The number of carbonyl (C=O) groups is 3. The fourth-order valence-electron chi connectivity index (χ4n) is 3.45. The number of ether oxygens (including phenoxy) is 1. The van der Waals surface area contributed by atoms with Gasteiger partial charge in [0.2, 0.25) is 5.91 Å². The summed E-state index contributed by atoms with van der Waals surface area (Å²) in [4.78, 5) is 38.6. The summed E-state index contributed by atoms with van der Waals surface area (Å²) in [6.45, 7) is 7.69. The zero-order chi connectivity index (χ0) is 21.1. The van der Waals surface area contributed by atoms with Gasteiger partial charge in [0.15, 0.2) is 6.61 Å². The third-order valence-electron chi connectivity index (χ3n) is 5.35. The lowest BCUT2D eigenvalue weighted by atomic mass is 10.1. The Labute approximate surface area is 170 Å². The molecule has 0 bridgehead atoms. The number of hydrogen-bond donors (Lipinski definition) is 1. The fourth-order valence-corrected chi connectivity index (χ4v) is 3.45. The Kier molecular flexibility index (Phi) is 6.01. The van der Waals surface area contributed by atoms with E-state index in [1.54, 1.807) is 4.90 Å². The van der Waals surface area contributed by atoms with E-state index in [1.165, 1.54) is 0 Å². The number of para-hydroxylation sites is 1. The molecule has 1 saturated heterocycles. The summed E-state index contributed by atoms with van der Waals surface area (Å²) in [5.41, 5.74) is 5.62. The van der Waals surface area contributed by atoms with E-state index in [4.69, 9.17) is 4.74 Å². The number of esters is 1. The standard InChI is InChI=1S/C23H26N2O4/c1-14-8-9-19(10-17(14)4)25-12-18(11-21(25)27)23(28)29-13-20(26)24-22-15(2)6-5-7-16(22)3/h5-10,18H,11-13H2,1-4H3,(H,24,26)/t18-/m0/s1. The molecule has 0 spiro atoms. The average Bonchev–Trinajstić information content (AvgIpc) is 3.07. The van der Waals surface area contributed by atoms with Gasteiger partial charge in [0.05, 0.1) is 5.92 Å². The van der Waals surface area contributed by atoms with Gasteiger partial charge in [0, 0.05) is 24.3 Å². The normalized spacial score (nSPS) is 16.1. The van der Waals surface area contributed by atoms with Gasteiger partial charge in [0.25, 0.3) is 5.91 Å². The number of amides is 2. The molecule has 2 aromatic carbocycles. The van der Waals surface area contributed by atoms with Gasteiger partial charge in [0.1, 0.15) is 0 Å². The molecule has 152 valence electrons. The summed E-state index contributed by atoms with van der Waals surface area (Å²) < 4.78 is 5.19. The monoisotopic (exact) mass is 394 g/mol. The van der Waals surface area contributed by atoms with E-state index < -0.39 is 17.8 Å². The van der Waals surface area contributed by atoms with Gasteiger partial charge in [-0.15, -0.1) is 0 Å². The van der Waals surface area contributed by atoms with Crippen molar-refractivity contribution in [2.45, 2.75) is 34.1 Å². The highest BCUT2D eigenvalue weighted by molar-refractivity contribution is 6.00. The lowest BCUT2D eigenvalue weighted by molar-refractivity contribution is -0.151. The third-order valence-corrected chi connectivity index (χ3v) is 5.35. The van der Waals surface area contributed by atoms with Crippen LogP contribution in [0.2, 0.25) is 0 Å². The molecule has 0 aromatic heterocycles. The minimum Gasteiger partial charge on any atom is -0.455 e. The van der Waals surface area contributed by atoms with Crippen LogP contribution in [0.5, 0.6) is 0 Å². The Bertz CT molecular complexity index is 947. The Balaban J connectivity index is 1.56. The largest absolute Gasteiger partial charge is 0.455 e. The van der Waals surface area contributed by atoms with Crippen molar-refractivity contribution in [2.75, 3.05) is 23.4 Å². The first kappa shape index (κ1) is 20.6. The Hall–Kier alpha value is -3.15. The van der Waals surface area contributed by atoms with Crippen LogP contribution in [0.1, 0.15) is 28.7 Å². The van der Waals surface area contributed by atoms with Crippen molar-refractivity contribution < 1.29 is 19.1 Å². The van der Waals surface area contributed by atoms with Crippen LogP contribution < -0.4 is 10.2 Å². The van der Waals surface area contributed by atoms with E-state index in [1.807, 2.05) is 64.1 Å². The van der Waals surface area contributed by atoms with E-state index >= 15 is 0 Å². The molecule has 1 heterocycles. The molecule has 0 unspecified atom stereocenters. The summed E-state index contributed by atoms with van der Waals surface area (Å²) in [5, 5.41) is 2.79. The van der Waals surface area contributed by atoms with Crippen LogP contribution in [-0.4, -0.2) is 30.9 Å². The molecule has 2 aromatic rings. The molecule has 0 radical (unpaired) electrons. The first-order valence-electron chi connectivity index (χ1n) is 9.66. The maximum atomic E-state index is 12.4. The van der Waals surface area contributed by atoms with Crippen molar-refractivity contribution >= 4 is 29.2 Å². The Morgan fingerprint density at radius 3 is 2.38 bits per heavy atom.